The summed E-state index contributed by atoms with van der Waals surface area (Å²) in [7, 11) is 0. The van der Waals surface area contributed by atoms with Gasteiger partial charge in [0.25, 0.3) is 0 Å². The lowest BCUT2D eigenvalue weighted by molar-refractivity contribution is 0.149. The molecule has 1 aromatic heterocycles. The van der Waals surface area contributed by atoms with Gasteiger partial charge >= 0.3 is 0 Å². The predicted octanol–water partition coefficient (Wildman–Crippen LogP) is 4.75. The van der Waals surface area contributed by atoms with E-state index >= 15 is 0 Å². The normalized spacial score (nSPS) is 27.3. The highest BCUT2D eigenvalue weighted by Crippen LogP contribution is 2.38. The minimum absolute atomic E-state index is 0.541. The third-order valence-electron chi connectivity index (χ3n) is 4.10. The third-order valence-corrected chi connectivity index (χ3v) is 5.39. The summed E-state index contributed by atoms with van der Waals surface area (Å²) in [5.74, 6) is 0.792. The Hall–Kier alpha value is -0.0500. The first-order valence-electron chi connectivity index (χ1n) is 6.94. The summed E-state index contributed by atoms with van der Waals surface area (Å²) >= 11 is 7.64. The van der Waals surface area contributed by atoms with Crippen LogP contribution in [0.4, 0.5) is 0 Å². The molecule has 1 nitrogen and oxygen atoms in total. The molecule has 0 aliphatic heterocycles. The van der Waals surface area contributed by atoms with Crippen LogP contribution >= 0.6 is 22.9 Å². The van der Waals surface area contributed by atoms with Gasteiger partial charge in [-0.05, 0) is 49.1 Å². The van der Waals surface area contributed by atoms with E-state index in [1.165, 1.54) is 24.1 Å². The van der Waals surface area contributed by atoms with E-state index in [4.69, 9.17) is 11.6 Å². The number of hydrogen-bond donors (Lipinski definition) is 1. The minimum atomic E-state index is 0.541. The Labute approximate surface area is 120 Å². The molecular formula is C15H24ClNS. The Balaban J connectivity index is 1.74. The van der Waals surface area contributed by atoms with Gasteiger partial charge in [0, 0.05) is 17.5 Å². The maximum absolute atomic E-state index is 5.94. The van der Waals surface area contributed by atoms with Crippen LogP contribution in [0.2, 0.25) is 4.34 Å². The van der Waals surface area contributed by atoms with E-state index in [0.717, 1.165) is 23.2 Å². The molecule has 0 saturated heterocycles. The summed E-state index contributed by atoms with van der Waals surface area (Å²) in [6, 6.07) is 4.84. The summed E-state index contributed by atoms with van der Waals surface area (Å²) in [6.07, 6.45) is 5.11. The van der Waals surface area contributed by atoms with E-state index in [1.807, 2.05) is 6.07 Å². The van der Waals surface area contributed by atoms with Crippen molar-refractivity contribution in [3.8, 4) is 0 Å². The number of hydrogen-bond acceptors (Lipinski definition) is 2. The largest absolute Gasteiger partial charge is 0.313 e. The second kappa shape index (κ2) is 5.94. The van der Waals surface area contributed by atoms with Crippen LogP contribution in [0.25, 0.3) is 0 Å². The summed E-state index contributed by atoms with van der Waals surface area (Å²) < 4.78 is 0.901. The Morgan fingerprint density at radius 3 is 2.83 bits per heavy atom. The summed E-state index contributed by atoms with van der Waals surface area (Å²) in [5, 5.41) is 3.73. The number of rotatable bonds is 4. The molecule has 1 heterocycles. The smallest absolute Gasteiger partial charge is 0.0931 e. The SMILES string of the molecule is CC1CC(C)(C)CCC1NCCc1ccc(Cl)s1. The molecule has 1 aromatic rings. The van der Waals surface area contributed by atoms with Crippen molar-refractivity contribution in [1.29, 1.82) is 0 Å². The third kappa shape index (κ3) is 3.97. The lowest BCUT2D eigenvalue weighted by Crippen LogP contribution is -2.42. The predicted molar refractivity (Wildman–Crippen MR) is 81.6 cm³/mol. The van der Waals surface area contributed by atoms with Crippen molar-refractivity contribution in [3.05, 3.63) is 21.3 Å². The van der Waals surface area contributed by atoms with Crippen molar-refractivity contribution in [2.75, 3.05) is 6.54 Å². The molecule has 1 aliphatic rings. The maximum Gasteiger partial charge on any atom is 0.0931 e. The van der Waals surface area contributed by atoms with Gasteiger partial charge < -0.3 is 5.32 Å². The van der Waals surface area contributed by atoms with E-state index in [9.17, 15) is 0 Å². The molecule has 0 spiro atoms. The van der Waals surface area contributed by atoms with Gasteiger partial charge in [-0.1, -0.05) is 32.4 Å². The summed E-state index contributed by atoms with van der Waals surface area (Å²) in [4.78, 5) is 1.39. The topological polar surface area (TPSA) is 12.0 Å². The highest BCUT2D eigenvalue weighted by Gasteiger charge is 2.31. The fourth-order valence-corrected chi connectivity index (χ4v) is 4.20. The molecule has 1 fully saturated rings. The molecular weight excluding hydrogens is 262 g/mol. The average molecular weight is 286 g/mol. The molecule has 1 aliphatic carbocycles. The van der Waals surface area contributed by atoms with Gasteiger partial charge in [0.2, 0.25) is 0 Å². The summed E-state index contributed by atoms with van der Waals surface area (Å²) in [6.45, 7) is 8.26. The zero-order valence-electron chi connectivity index (χ0n) is 11.6. The van der Waals surface area contributed by atoms with Crippen molar-refractivity contribution in [2.45, 2.75) is 52.5 Å². The highest BCUT2D eigenvalue weighted by molar-refractivity contribution is 7.16. The molecule has 102 valence electrons. The fraction of sp³-hybridized carbons (Fsp3) is 0.733. The van der Waals surface area contributed by atoms with Crippen molar-refractivity contribution in [1.82, 2.24) is 5.32 Å². The first-order valence-corrected chi connectivity index (χ1v) is 8.13. The molecule has 18 heavy (non-hydrogen) atoms. The first kappa shape index (κ1) is 14.4. The molecule has 0 amide bonds. The molecule has 3 heteroatoms. The van der Waals surface area contributed by atoms with Crippen LogP contribution in [0.5, 0.6) is 0 Å². The van der Waals surface area contributed by atoms with E-state index in [2.05, 4.69) is 32.2 Å². The van der Waals surface area contributed by atoms with E-state index in [1.54, 1.807) is 11.3 Å². The molecule has 1 N–H and O–H groups in total. The van der Waals surface area contributed by atoms with Gasteiger partial charge in [-0.25, -0.2) is 0 Å². The van der Waals surface area contributed by atoms with Gasteiger partial charge in [0.15, 0.2) is 0 Å². The Bertz CT molecular complexity index is 386. The van der Waals surface area contributed by atoms with Crippen LogP contribution in [0.3, 0.4) is 0 Å². The van der Waals surface area contributed by atoms with Crippen LogP contribution in [0.15, 0.2) is 12.1 Å². The number of thiophene rings is 1. The maximum atomic E-state index is 5.94. The van der Waals surface area contributed by atoms with Crippen LogP contribution in [-0.2, 0) is 6.42 Å². The molecule has 0 aromatic carbocycles. The molecule has 2 unspecified atom stereocenters. The fourth-order valence-electron chi connectivity index (χ4n) is 3.12. The van der Waals surface area contributed by atoms with E-state index < -0.39 is 0 Å². The molecule has 1 saturated carbocycles. The van der Waals surface area contributed by atoms with E-state index in [0.29, 0.717) is 11.5 Å². The van der Waals surface area contributed by atoms with Crippen LogP contribution < -0.4 is 5.32 Å². The molecule has 0 radical (unpaired) electrons. The Morgan fingerprint density at radius 1 is 1.44 bits per heavy atom. The van der Waals surface area contributed by atoms with Crippen LogP contribution in [0.1, 0.15) is 44.9 Å². The Morgan fingerprint density at radius 2 is 2.22 bits per heavy atom. The second-order valence-electron chi connectivity index (χ2n) is 6.40. The lowest BCUT2D eigenvalue weighted by Gasteiger charge is -2.39. The standard InChI is InChI=1S/C15H24ClNS/c1-11-10-15(2,3)8-6-13(11)17-9-7-12-4-5-14(16)18-12/h4-5,11,13,17H,6-10H2,1-3H3. The van der Waals surface area contributed by atoms with Crippen molar-refractivity contribution >= 4 is 22.9 Å². The van der Waals surface area contributed by atoms with Gasteiger partial charge in [-0.15, -0.1) is 11.3 Å². The highest BCUT2D eigenvalue weighted by atomic mass is 35.5. The first-order chi connectivity index (χ1) is 8.46. The monoisotopic (exact) mass is 285 g/mol. The quantitative estimate of drug-likeness (QED) is 0.842. The molecule has 0 bridgehead atoms. The lowest BCUT2D eigenvalue weighted by atomic mass is 9.70. The van der Waals surface area contributed by atoms with Crippen LogP contribution in [0, 0.1) is 11.3 Å². The van der Waals surface area contributed by atoms with Gasteiger partial charge in [0.1, 0.15) is 0 Å². The van der Waals surface area contributed by atoms with Gasteiger partial charge in [-0.3, -0.25) is 0 Å². The number of halogens is 1. The summed E-state index contributed by atoms with van der Waals surface area (Å²) in [5.41, 5.74) is 0.541. The van der Waals surface area contributed by atoms with Crippen molar-refractivity contribution in [3.63, 3.8) is 0 Å². The van der Waals surface area contributed by atoms with Crippen LogP contribution in [-0.4, -0.2) is 12.6 Å². The minimum Gasteiger partial charge on any atom is -0.313 e. The number of nitrogens with one attached hydrogen (secondary N) is 1. The molecule has 2 atom stereocenters. The van der Waals surface area contributed by atoms with E-state index in [-0.39, 0.29) is 0 Å². The zero-order valence-corrected chi connectivity index (χ0v) is 13.2. The van der Waals surface area contributed by atoms with Gasteiger partial charge in [-0.2, -0.15) is 0 Å². The van der Waals surface area contributed by atoms with Gasteiger partial charge in [0.05, 0.1) is 4.34 Å². The zero-order chi connectivity index (χ0) is 13.2. The Kier molecular flexibility index (Phi) is 4.74. The van der Waals surface area contributed by atoms with Crippen molar-refractivity contribution < 1.29 is 0 Å². The second-order valence-corrected chi connectivity index (χ2v) is 8.20. The molecule has 2 rings (SSSR count). The van der Waals surface area contributed by atoms with Crippen molar-refractivity contribution in [2.24, 2.45) is 11.3 Å². The average Bonchev–Trinajstić information content (AvgIpc) is 2.67.